The first-order valence-electron chi connectivity index (χ1n) is 6.68. The van der Waals surface area contributed by atoms with Gasteiger partial charge in [-0.05, 0) is 20.8 Å². The van der Waals surface area contributed by atoms with Crippen molar-refractivity contribution < 1.29 is 14.3 Å². The fraction of sp³-hybridized carbons (Fsp3) is 0.357. The molecule has 0 bridgehead atoms. The third kappa shape index (κ3) is 3.27. The van der Waals surface area contributed by atoms with Crippen LogP contribution in [0.5, 0.6) is 0 Å². The van der Waals surface area contributed by atoms with E-state index in [4.69, 9.17) is 4.74 Å². The molecular weight excluding hydrogens is 286 g/mol. The van der Waals surface area contributed by atoms with Gasteiger partial charge in [-0.1, -0.05) is 0 Å². The molecule has 22 heavy (non-hydrogen) atoms. The fourth-order valence-electron chi connectivity index (χ4n) is 1.86. The summed E-state index contributed by atoms with van der Waals surface area (Å²) in [5.41, 5.74) is 2.19. The Kier molecular flexibility index (Phi) is 4.50. The Morgan fingerprint density at radius 1 is 1.32 bits per heavy atom. The number of hydrogen-bond donors (Lipinski definition) is 1. The highest BCUT2D eigenvalue weighted by atomic mass is 16.5. The van der Waals surface area contributed by atoms with Gasteiger partial charge in [0.25, 0.3) is 5.91 Å². The average Bonchev–Trinajstić information content (AvgIpc) is 2.74. The van der Waals surface area contributed by atoms with Crippen LogP contribution in [-0.2, 0) is 16.6 Å². The minimum atomic E-state index is -0.964. The summed E-state index contributed by atoms with van der Waals surface area (Å²) in [5, 5.41) is 6.93. The summed E-state index contributed by atoms with van der Waals surface area (Å²) >= 11 is 0. The second-order valence-electron chi connectivity index (χ2n) is 4.80. The van der Waals surface area contributed by atoms with E-state index in [0.29, 0.717) is 11.4 Å². The molecular formula is C14H17N5O3. The largest absolute Gasteiger partial charge is 0.448 e. The van der Waals surface area contributed by atoms with E-state index >= 15 is 0 Å². The fourth-order valence-corrected chi connectivity index (χ4v) is 1.86. The van der Waals surface area contributed by atoms with Crippen LogP contribution in [0.2, 0.25) is 0 Å². The molecule has 0 fully saturated rings. The molecule has 116 valence electrons. The standard InChI is InChI=1S/C14H17N5O3/c1-8-12(9(2)19(4)18-8)17-13(20)10(3)22-14(21)11-7-15-5-6-16-11/h5-7,10H,1-4H3,(H,17,20)/t10-/m1/s1. The van der Waals surface area contributed by atoms with E-state index in [1.54, 1.807) is 18.7 Å². The zero-order chi connectivity index (χ0) is 16.3. The molecule has 0 radical (unpaired) electrons. The number of anilines is 1. The third-order valence-electron chi connectivity index (χ3n) is 3.18. The van der Waals surface area contributed by atoms with Gasteiger partial charge in [0, 0.05) is 19.4 Å². The molecule has 0 aliphatic carbocycles. The molecule has 0 saturated heterocycles. The van der Waals surface area contributed by atoms with E-state index in [9.17, 15) is 9.59 Å². The Balaban J connectivity index is 2.02. The van der Waals surface area contributed by atoms with Crippen molar-refractivity contribution in [2.24, 2.45) is 7.05 Å². The van der Waals surface area contributed by atoms with Gasteiger partial charge in [0.1, 0.15) is 0 Å². The minimum absolute atomic E-state index is 0.0517. The molecule has 1 atom stereocenters. The van der Waals surface area contributed by atoms with E-state index in [2.05, 4.69) is 20.4 Å². The number of aromatic nitrogens is 4. The molecule has 2 aromatic heterocycles. The lowest BCUT2D eigenvalue weighted by Crippen LogP contribution is -2.30. The number of hydrogen-bond acceptors (Lipinski definition) is 6. The number of esters is 1. The second-order valence-corrected chi connectivity index (χ2v) is 4.80. The summed E-state index contributed by atoms with van der Waals surface area (Å²) in [4.78, 5) is 31.6. The van der Waals surface area contributed by atoms with Gasteiger partial charge in [-0.2, -0.15) is 5.10 Å². The number of amides is 1. The maximum absolute atomic E-state index is 12.1. The van der Waals surface area contributed by atoms with Crippen LogP contribution in [0.3, 0.4) is 0 Å². The highest BCUT2D eigenvalue weighted by Crippen LogP contribution is 2.18. The third-order valence-corrected chi connectivity index (χ3v) is 3.18. The van der Waals surface area contributed by atoms with Crippen LogP contribution in [0.4, 0.5) is 5.69 Å². The van der Waals surface area contributed by atoms with Crippen molar-refractivity contribution in [1.29, 1.82) is 0 Å². The van der Waals surface area contributed by atoms with Crippen LogP contribution >= 0.6 is 0 Å². The molecule has 1 amide bonds. The number of nitrogens with zero attached hydrogens (tertiary/aromatic N) is 4. The minimum Gasteiger partial charge on any atom is -0.448 e. The van der Waals surface area contributed by atoms with Gasteiger partial charge in [-0.3, -0.25) is 14.5 Å². The SMILES string of the molecule is Cc1nn(C)c(C)c1NC(=O)[C@@H](C)OC(=O)c1cnccn1. The lowest BCUT2D eigenvalue weighted by Gasteiger charge is -2.13. The Labute approximate surface area is 127 Å². The van der Waals surface area contributed by atoms with Crippen molar-refractivity contribution in [3.8, 4) is 0 Å². The zero-order valence-electron chi connectivity index (χ0n) is 12.8. The summed E-state index contributed by atoms with van der Waals surface area (Å²) in [5.74, 6) is -1.13. The van der Waals surface area contributed by atoms with Crippen LogP contribution < -0.4 is 5.32 Å². The smallest absolute Gasteiger partial charge is 0.359 e. The molecule has 8 nitrogen and oxygen atoms in total. The summed E-state index contributed by atoms with van der Waals surface area (Å²) in [7, 11) is 1.79. The molecule has 8 heteroatoms. The Bertz CT molecular complexity index is 696. The number of rotatable bonds is 4. The molecule has 0 saturated carbocycles. The number of nitrogens with one attached hydrogen (secondary N) is 1. The van der Waals surface area contributed by atoms with E-state index < -0.39 is 18.0 Å². The summed E-state index contributed by atoms with van der Waals surface area (Å²) in [6, 6.07) is 0. The van der Waals surface area contributed by atoms with Gasteiger partial charge in [0.15, 0.2) is 11.8 Å². The highest BCUT2D eigenvalue weighted by molar-refractivity contribution is 5.97. The van der Waals surface area contributed by atoms with Crippen LogP contribution in [0.25, 0.3) is 0 Å². The first-order chi connectivity index (χ1) is 10.4. The molecule has 0 aliphatic rings. The quantitative estimate of drug-likeness (QED) is 0.846. The van der Waals surface area contributed by atoms with Gasteiger partial charge in [-0.15, -0.1) is 0 Å². The predicted molar refractivity (Wildman–Crippen MR) is 78.2 cm³/mol. The maximum Gasteiger partial charge on any atom is 0.359 e. The topological polar surface area (TPSA) is 99.0 Å². The monoisotopic (exact) mass is 303 g/mol. The van der Waals surface area contributed by atoms with Crippen LogP contribution in [-0.4, -0.2) is 37.7 Å². The van der Waals surface area contributed by atoms with Gasteiger partial charge in [-0.25, -0.2) is 9.78 Å². The van der Waals surface area contributed by atoms with Crippen molar-refractivity contribution in [2.45, 2.75) is 26.9 Å². The first kappa shape index (κ1) is 15.6. The molecule has 2 heterocycles. The van der Waals surface area contributed by atoms with Crippen LogP contribution in [0, 0.1) is 13.8 Å². The Hall–Kier alpha value is -2.77. The number of ether oxygens (including phenoxy) is 1. The first-order valence-corrected chi connectivity index (χ1v) is 6.68. The normalized spacial score (nSPS) is 11.8. The van der Waals surface area contributed by atoms with Crippen molar-refractivity contribution in [3.05, 3.63) is 35.7 Å². The van der Waals surface area contributed by atoms with E-state index in [0.717, 1.165) is 5.69 Å². The van der Waals surface area contributed by atoms with E-state index in [-0.39, 0.29) is 5.69 Å². The molecule has 1 N–H and O–H groups in total. The molecule has 2 aromatic rings. The Morgan fingerprint density at radius 3 is 2.59 bits per heavy atom. The lowest BCUT2D eigenvalue weighted by atomic mass is 10.3. The summed E-state index contributed by atoms with van der Waals surface area (Å²) in [6.45, 7) is 5.12. The van der Waals surface area contributed by atoms with Crippen molar-refractivity contribution in [1.82, 2.24) is 19.7 Å². The van der Waals surface area contributed by atoms with Crippen molar-refractivity contribution in [3.63, 3.8) is 0 Å². The average molecular weight is 303 g/mol. The second kappa shape index (κ2) is 6.33. The van der Waals surface area contributed by atoms with E-state index in [1.807, 2.05) is 6.92 Å². The maximum atomic E-state index is 12.1. The number of carbonyl (C=O) groups excluding carboxylic acids is 2. The molecule has 0 aromatic carbocycles. The van der Waals surface area contributed by atoms with Crippen LogP contribution in [0.1, 0.15) is 28.8 Å². The van der Waals surface area contributed by atoms with Gasteiger partial charge >= 0.3 is 5.97 Å². The van der Waals surface area contributed by atoms with Crippen molar-refractivity contribution >= 4 is 17.6 Å². The highest BCUT2D eigenvalue weighted by Gasteiger charge is 2.22. The molecule has 2 rings (SSSR count). The van der Waals surface area contributed by atoms with Gasteiger partial charge < -0.3 is 10.1 Å². The predicted octanol–water partition coefficient (Wildman–Crippen LogP) is 1.01. The summed E-state index contributed by atoms with van der Waals surface area (Å²) < 4.78 is 6.74. The van der Waals surface area contributed by atoms with Crippen molar-refractivity contribution in [2.75, 3.05) is 5.32 Å². The zero-order valence-corrected chi connectivity index (χ0v) is 12.8. The molecule has 0 unspecified atom stereocenters. The molecule has 0 spiro atoms. The number of aryl methyl sites for hydroxylation is 2. The lowest BCUT2D eigenvalue weighted by molar-refractivity contribution is -0.123. The Morgan fingerprint density at radius 2 is 2.05 bits per heavy atom. The van der Waals surface area contributed by atoms with Crippen LogP contribution in [0.15, 0.2) is 18.6 Å². The van der Waals surface area contributed by atoms with E-state index in [1.165, 1.54) is 25.5 Å². The molecule has 0 aliphatic heterocycles. The van der Waals surface area contributed by atoms with Gasteiger partial charge in [0.05, 0.1) is 23.3 Å². The van der Waals surface area contributed by atoms with Gasteiger partial charge in [0.2, 0.25) is 0 Å². The summed E-state index contributed by atoms with van der Waals surface area (Å²) in [6.07, 6.45) is 3.14. The number of carbonyl (C=O) groups is 2.